The second-order valence-corrected chi connectivity index (χ2v) is 6.39. The molecule has 1 atom stereocenters. The molecular weight excluding hydrogens is 270 g/mol. The molecule has 0 N–H and O–H groups in total. The molecule has 2 fully saturated rings. The van der Waals surface area contributed by atoms with Crippen molar-refractivity contribution in [2.45, 2.75) is 32.7 Å². The number of urea groups is 1. The molecule has 0 aromatic rings. The molecule has 0 spiro atoms. The molecule has 2 saturated heterocycles. The van der Waals surface area contributed by atoms with Crippen LogP contribution in [0.3, 0.4) is 0 Å². The molecule has 0 aliphatic carbocycles. The maximum atomic E-state index is 12.3. The minimum absolute atomic E-state index is 0.0764. The zero-order chi connectivity index (χ0) is 15.4. The standard InChI is InChI=1S/C15H27N3O3/c1-12(2)9-16-6-4-5-13(16)10-18-14(19)11-17(15(18)20)7-8-21-3/h12-13H,4-11H2,1-3H3/t13-/m1/s1. The van der Waals surface area contributed by atoms with Crippen LogP contribution in [0, 0.1) is 5.92 Å². The molecule has 0 aromatic heterocycles. The molecule has 0 bridgehead atoms. The topological polar surface area (TPSA) is 53.1 Å². The third-order valence-corrected chi connectivity index (χ3v) is 4.19. The predicted molar refractivity (Wildman–Crippen MR) is 80.0 cm³/mol. The second-order valence-electron chi connectivity index (χ2n) is 6.39. The molecule has 3 amide bonds. The lowest BCUT2D eigenvalue weighted by Gasteiger charge is -2.28. The van der Waals surface area contributed by atoms with Gasteiger partial charge in [-0.2, -0.15) is 0 Å². The van der Waals surface area contributed by atoms with Gasteiger partial charge >= 0.3 is 6.03 Å². The first kappa shape index (κ1) is 16.2. The third-order valence-electron chi connectivity index (χ3n) is 4.19. The molecule has 120 valence electrons. The fourth-order valence-corrected chi connectivity index (χ4v) is 3.17. The summed E-state index contributed by atoms with van der Waals surface area (Å²) >= 11 is 0. The first-order valence-corrected chi connectivity index (χ1v) is 7.85. The Kier molecular flexibility index (Phi) is 5.58. The number of hydrogen-bond acceptors (Lipinski definition) is 4. The smallest absolute Gasteiger partial charge is 0.327 e. The molecule has 6 heteroatoms. The Morgan fingerprint density at radius 2 is 2.10 bits per heavy atom. The minimum atomic E-state index is -0.159. The number of likely N-dealkylation sites (tertiary alicyclic amines) is 1. The van der Waals surface area contributed by atoms with E-state index in [-0.39, 0.29) is 18.5 Å². The van der Waals surface area contributed by atoms with E-state index >= 15 is 0 Å². The fraction of sp³-hybridized carbons (Fsp3) is 0.867. The zero-order valence-electron chi connectivity index (χ0n) is 13.4. The van der Waals surface area contributed by atoms with Crippen molar-refractivity contribution in [3.63, 3.8) is 0 Å². The van der Waals surface area contributed by atoms with E-state index in [4.69, 9.17) is 4.74 Å². The van der Waals surface area contributed by atoms with Gasteiger partial charge in [0.25, 0.3) is 0 Å². The zero-order valence-corrected chi connectivity index (χ0v) is 13.4. The maximum Gasteiger partial charge on any atom is 0.327 e. The van der Waals surface area contributed by atoms with E-state index in [1.165, 1.54) is 4.90 Å². The molecule has 21 heavy (non-hydrogen) atoms. The predicted octanol–water partition coefficient (Wildman–Crippen LogP) is 1.02. The summed E-state index contributed by atoms with van der Waals surface area (Å²) in [7, 11) is 1.60. The van der Waals surface area contributed by atoms with Gasteiger partial charge in [-0.3, -0.25) is 14.6 Å². The summed E-state index contributed by atoms with van der Waals surface area (Å²) in [6, 6.07) is 0.163. The van der Waals surface area contributed by atoms with E-state index in [1.807, 2.05) is 0 Å². The van der Waals surface area contributed by atoms with Crippen LogP contribution in [0.1, 0.15) is 26.7 Å². The second kappa shape index (κ2) is 7.22. The first-order chi connectivity index (χ1) is 10.0. The van der Waals surface area contributed by atoms with Crippen molar-refractivity contribution in [2.24, 2.45) is 5.92 Å². The van der Waals surface area contributed by atoms with Gasteiger partial charge in [0.05, 0.1) is 6.61 Å². The largest absolute Gasteiger partial charge is 0.383 e. The average molecular weight is 297 g/mol. The number of ether oxygens (including phenoxy) is 1. The van der Waals surface area contributed by atoms with Crippen LogP contribution in [0.2, 0.25) is 0 Å². The van der Waals surface area contributed by atoms with Crippen molar-refractivity contribution < 1.29 is 14.3 Å². The van der Waals surface area contributed by atoms with Crippen molar-refractivity contribution >= 4 is 11.9 Å². The van der Waals surface area contributed by atoms with E-state index in [2.05, 4.69) is 18.7 Å². The van der Waals surface area contributed by atoms with Crippen LogP contribution in [0.4, 0.5) is 4.79 Å². The SMILES string of the molecule is COCCN1CC(=O)N(C[C@H]2CCCN2CC(C)C)C1=O. The lowest BCUT2D eigenvalue weighted by Crippen LogP contribution is -2.44. The van der Waals surface area contributed by atoms with E-state index in [0.29, 0.717) is 31.7 Å². The monoisotopic (exact) mass is 297 g/mol. The van der Waals surface area contributed by atoms with Crippen LogP contribution in [0.25, 0.3) is 0 Å². The minimum Gasteiger partial charge on any atom is -0.383 e. The Balaban J connectivity index is 1.92. The van der Waals surface area contributed by atoms with E-state index < -0.39 is 0 Å². The lowest BCUT2D eigenvalue weighted by molar-refractivity contribution is -0.125. The highest BCUT2D eigenvalue weighted by atomic mass is 16.5. The summed E-state index contributed by atoms with van der Waals surface area (Å²) in [5.41, 5.74) is 0. The lowest BCUT2D eigenvalue weighted by atomic mass is 10.1. The van der Waals surface area contributed by atoms with Crippen molar-refractivity contribution in [1.82, 2.24) is 14.7 Å². The van der Waals surface area contributed by atoms with Crippen LogP contribution in [0.15, 0.2) is 0 Å². The summed E-state index contributed by atoms with van der Waals surface area (Å²) in [4.78, 5) is 29.8. The van der Waals surface area contributed by atoms with Crippen molar-refractivity contribution in [1.29, 1.82) is 0 Å². The first-order valence-electron chi connectivity index (χ1n) is 7.85. The number of carbonyl (C=O) groups is 2. The Bertz CT molecular complexity index is 386. The molecule has 0 radical (unpaired) electrons. The Morgan fingerprint density at radius 1 is 1.33 bits per heavy atom. The molecule has 0 aromatic carbocycles. The number of amides is 3. The van der Waals surface area contributed by atoms with Gasteiger partial charge in [-0.15, -0.1) is 0 Å². The highest BCUT2D eigenvalue weighted by Crippen LogP contribution is 2.21. The Morgan fingerprint density at radius 3 is 2.76 bits per heavy atom. The van der Waals surface area contributed by atoms with Gasteiger partial charge in [0.2, 0.25) is 5.91 Å². The summed E-state index contributed by atoms with van der Waals surface area (Å²) in [5.74, 6) is 0.529. The number of carbonyl (C=O) groups excluding carboxylic acids is 2. The fourth-order valence-electron chi connectivity index (χ4n) is 3.17. The quantitative estimate of drug-likeness (QED) is 0.658. The maximum absolute atomic E-state index is 12.3. The highest BCUT2D eigenvalue weighted by Gasteiger charge is 2.38. The summed E-state index contributed by atoms with van der Waals surface area (Å²) in [5, 5.41) is 0. The van der Waals surface area contributed by atoms with Gasteiger partial charge in [-0.05, 0) is 25.3 Å². The van der Waals surface area contributed by atoms with Gasteiger partial charge in [0, 0.05) is 32.8 Å². The van der Waals surface area contributed by atoms with E-state index in [9.17, 15) is 9.59 Å². The van der Waals surface area contributed by atoms with Crippen molar-refractivity contribution in [2.75, 3.05) is 46.4 Å². The van der Waals surface area contributed by atoms with Gasteiger partial charge in [0.15, 0.2) is 0 Å². The molecule has 0 saturated carbocycles. The molecule has 2 aliphatic rings. The van der Waals surface area contributed by atoms with E-state index in [1.54, 1.807) is 12.0 Å². The van der Waals surface area contributed by atoms with Crippen LogP contribution >= 0.6 is 0 Å². The van der Waals surface area contributed by atoms with Gasteiger partial charge in [-0.1, -0.05) is 13.8 Å². The molecule has 6 nitrogen and oxygen atoms in total. The number of hydrogen-bond donors (Lipinski definition) is 0. The number of imide groups is 1. The summed E-state index contributed by atoms with van der Waals surface area (Å²) in [6.45, 7) is 8.20. The van der Waals surface area contributed by atoms with Crippen LogP contribution in [0.5, 0.6) is 0 Å². The van der Waals surface area contributed by atoms with Crippen LogP contribution in [-0.2, 0) is 9.53 Å². The van der Waals surface area contributed by atoms with Gasteiger partial charge in [0.1, 0.15) is 6.54 Å². The van der Waals surface area contributed by atoms with Crippen molar-refractivity contribution in [3.8, 4) is 0 Å². The summed E-state index contributed by atoms with van der Waals surface area (Å²) in [6.07, 6.45) is 2.23. The molecule has 2 heterocycles. The third kappa shape index (κ3) is 3.95. The Hall–Kier alpha value is -1.14. The number of nitrogens with zero attached hydrogens (tertiary/aromatic N) is 3. The molecule has 2 aliphatic heterocycles. The van der Waals surface area contributed by atoms with Gasteiger partial charge < -0.3 is 9.64 Å². The average Bonchev–Trinajstić information content (AvgIpc) is 2.95. The van der Waals surface area contributed by atoms with Gasteiger partial charge in [-0.25, -0.2) is 4.79 Å². The normalized spacial score (nSPS) is 23.9. The van der Waals surface area contributed by atoms with Crippen molar-refractivity contribution in [3.05, 3.63) is 0 Å². The summed E-state index contributed by atoms with van der Waals surface area (Å²) < 4.78 is 4.98. The molecular formula is C15H27N3O3. The highest BCUT2D eigenvalue weighted by molar-refractivity contribution is 6.02. The van der Waals surface area contributed by atoms with Crippen LogP contribution < -0.4 is 0 Å². The molecule has 2 rings (SSSR count). The molecule has 0 unspecified atom stereocenters. The van der Waals surface area contributed by atoms with E-state index in [0.717, 1.165) is 25.9 Å². The Labute approximate surface area is 127 Å². The number of methoxy groups -OCH3 is 1. The number of rotatable bonds is 7. The van der Waals surface area contributed by atoms with Crippen LogP contribution in [-0.4, -0.2) is 79.1 Å².